The molecule has 16 heavy (non-hydrogen) atoms. The standard InChI is InChI=1S/C12H17N3S/c1-6-5-14-15-10-8(3)12(16-11(6)10)7(2)9(4)13/h5,7,9H,13H2,1-4H3/t7-,9-/m1/s1. The number of nitrogens with zero attached hydrogens (tertiary/aromatic N) is 2. The normalized spacial score (nSPS) is 15.3. The highest BCUT2D eigenvalue weighted by molar-refractivity contribution is 7.19. The third-order valence-corrected chi connectivity index (χ3v) is 4.74. The van der Waals surface area contributed by atoms with Crippen LogP contribution in [-0.4, -0.2) is 16.2 Å². The molecule has 0 saturated heterocycles. The van der Waals surface area contributed by atoms with E-state index >= 15 is 0 Å². The van der Waals surface area contributed by atoms with Crippen LogP contribution in [0.25, 0.3) is 10.2 Å². The van der Waals surface area contributed by atoms with Crippen molar-refractivity contribution >= 4 is 21.6 Å². The van der Waals surface area contributed by atoms with Crippen LogP contribution in [0, 0.1) is 13.8 Å². The maximum absolute atomic E-state index is 5.97. The fourth-order valence-corrected chi connectivity index (χ4v) is 3.19. The molecule has 0 aliphatic carbocycles. The minimum absolute atomic E-state index is 0.167. The van der Waals surface area contributed by atoms with E-state index in [2.05, 4.69) is 31.0 Å². The van der Waals surface area contributed by atoms with Crippen LogP contribution in [-0.2, 0) is 0 Å². The molecule has 2 aromatic heterocycles. The summed E-state index contributed by atoms with van der Waals surface area (Å²) in [7, 11) is 0. The van der Waals surface area contributed by atoms with Crippen molar-refractivity contribution in [3.05, 3.63) is 22.2 Å². The first-order valence-electron chi connectivity index (χ1n) is 5.49. The summed E-state index contributed by atoms with van der Waals surface area (Å²) in [6.07, 6.45) is 1.82. The highest BCUT2D eigenvalue weighted by Crippen LogP contribution is 2.36. The van der Waals surface area contributed by atoms with Gasteiger partial charge in [0, 0.05) is 16.8 Å². The lowest BCUT2D eigenvalue weighted by Crippen LogP contribution is -2.22. The van der Waals surface area contributed by atoms with E-state index in [4.69, 9.17) is 5.73 Å². The topological polar surface area (TPSA) is 51.8 Å². The van der Waals surface area contributed by atoms with Crippen molar-refractivity contribution in [2.24, 2.45) is 5.73 Å². The minimum Gasteiger partial charge on any atom is -0.327 e. The molecule has 0 unspecified atom stereocenters. The molecule has 0 amide bonds. The van der Waals surface area contributed by atoms with Gasteiger partial charge in [0.05, 0.1) is 10.9 Å². The quantitative estimate of drug-likeness (QED) is 0.870. The van der Waals surface area contributed by atoms with Gasteiger partial charge in [0.1, 0.15) is 5.52 Å². The molecule has 2 heterocycles. The van der Waals surface area contributed by atoms with Crippen LogP contribution >= 0.6 is 11.3 Å². The summed E-state index contributed by atoms with van der Waals surface area (Å²) >= 11 is 1.80. The number of aromatic nitrogens is 2. The number of hydrogen-bond donors (Lipinski definition) is 1. The van der Waals surface area contributed by atoms with Gasteiger partial charge < -0.3 is 5.73 Å². The first-order valence-corrected chi connectivity index (χ1v) is 6.31. The van der Waals surface area contributed by atoms with Crippen molar-refractivity contribution < 1.29 is 0 Å². The van der Waals surface area contributed by atoms with Gasteiger partial charge in [0.15, 0.2) is 0 Å². The molecule has 0 aliphatic heterocycles. The van der Waals surface area contributed by atoms with E-state index in [1.807, 2.05) is 13.1 Å². The van der Waals surface area contributed by atoms with Crippen LogP contribution in [0.2, 0.25) is 0 Å². The third kappa shape index (κ3) is 1.72. The molecule has 0 fully saturated rings. The number of thiophene rings is 1. The molecule has 2 rings (SSSR count). The van der Waals surface area contributed by atoms with Gasteiger partial charge in [-0.2, -0.15) is 5.10 Å². The Morgan fingerprint density at radius 3 is 2.56 bits per heavy atom. The predicted molar refractivity (Wildman–Crippen MR) is 69.0 cm³/mol. The Bertz CT molecular complexity index is 516. The zero-order chi connectivity index (χ0) is 11.9. The maximum atomic E-state index is 5.97. The fraction of sp³-hybridized carbons (Fsp3) is 0.500. The zero-order valence-corrected chi connectivity index (χ0v) is 10.9. The number of fused-ring (bicyclic) bond motifs is 1. The van der Waals surface area contributed by atoms with Crippen LogP contribution < -0.4 is 5.73 Å². The molecule has 0 bridgehead atoms. The van der Waals surface area contributed by atoms with Gasteiger partial charge in [-0.15, -0.1) is 16.4 Å². The highest BCUT2D eigenvalue weighted by atomic mass is 32.1. The van der Waals surface area contributed by atoms with Crippen LogP contribution in [0.5, 0.6) is 0 Å². The third-order valence-electron chi connectivity index (χ3n) is 3.12. The van der Waals surface area contributed by atoms with Crippen molar-refractivity contribution in [2.75, 3.05) is 0 Å². The zero-order valence-electron chi connectivity index (χ0n) is 10.1. The summed E-state index contributed by atoms with van der Waals surface area (Å²) in [6.45, 7) is 8.41. The number of aryl methyl sites for hydroxylation is 2. The molecular formula is C12H17N3S. The Kier molecular flexibility index (Phi) is 2.95. The predicted octanol–water partition coefficient (Wildman–Crippen LogP) is 2.76. The lowest BCUT2D eigenvalue weighted by atomic mass is 9.99. The van der Waals surface area contributed by atoms with Crippen molar-refractivity contribution in [3.8, 4) is 0 Å². The fourth-order valence-electron chi connectivity index (χ4n) is 1.81. The molecular weight excluding hydrogens is 218 g/mol. The van der Waals surface area contributed by atoms with Gasteiger partial charge in [0.2, 0.25) is 0 Å². The molecule has 3 nitrogen and oxygen atoms in total. The molecule has 0 spiro atoms. The van der Waals surface area contributed by atoms with Crippen LogP contribution in [0.15, 0.2) is 6.20 Å². The second kappa shape index (κ2) is 4.11. The van der Waals surface area contributed by atoms with E-state index in [9.17, 15) is 0 Å². The van der Waals surface area contributed by atoms with Crippen LogP contribution in [0.1, 0.15) is 35.8 Å². The van der Waals surface area contributed by atoms with Gasteiger partial charge in [-0.25, -0.2) is 0 Å². The van der Waals surface area contributed by atoms with Gasteiger partial charge >= 0.3 is 0 Å². The van der Waals surface area contributed by atoms with E-state index in [0.29, 0.717) is 5.92 Å². The summed E-state index contributed by atoms with van der Waals surface area (Å²) in [5.74, 6) is 0.374. The number of nitrogens with two attached hydrogens (primary N) is 1. The Morgan fingerprint density at radius 1 is 1.31 bits per heavy atom. The van der Waals surface area contributed by atoms with Crippen molar-refractivity contribution in [1.29, 1.82) is 0 Å². The average Bonchev–Trinajstić information content (AvgIpc) is 2.57. The first-order chi connectivity index (χ1) is 7.52. The van der Waals surface area contributed by atoms with Crippen LogP contribution in [0.3, 0.4) is 0 Å². The van der Waals surface area contributed by atoms with E-state index in [-0.39, 0.29) is 6.04 Å². The molecule has 2 aromatic rings. The lowest BCUT2D eigenvalue weighted by molar-refractivity contribution is 0.620. The van der Waals surface area contributed by atoms with E-state index in [1.54, 1.807) is 11.3 Å². The molecule has 0 radical (unpaired) electrons. The van der Waals surface area contributed by atoms with Crippen molar-refractivity contribution in [3.63, 3.8) is 0 Å². The number of rotatable bonds is 2. The van der Waals surface area contributed by atoms with Crippen molar-refractivity contribution in [1.82, 2.24) is 10.2 Å². The monoisotopic (exact) mass is 235 g/mol. The molecule has 0 aromatic carbocycles. The first kappa shape index (κ1) is 11.5. The largest absolute Gasteiger partial charge is 0.327 e. The molecule has 86 valence electrons. The van der Waals surface area contributed by atoms with E-state index in [0.717, 1.165) is 5.52 Å². The smallest absolute Gasteiger partial charge is 0.107 e. The Hall–Kier alpha value is -1.000. The Labute approximate surface area is 99.7 Å². The van der Waals surface area contributed by atoms with Gasteiger partial charge in [-0.05, 0) is 31.9 Å². The molecule has 2 N–H and O–H groups in total. The lowest BCUT2D eigenvalue weighted by Gasteiger charge is -2.14. The summed E-state index contributed by atoms with van der Waals surface area (Å²) in [4.78, 5) is 1.34. The SMILES string of the molecule is Cc1c([C@H](C)[C@@H](C)N)sc2c(C)cnnc12. The summed E-state index contributed by atoms with van der Waals surface area (Å²) in [5, 5.41) is 8.24. The molecule has 0 saturated carbocycles. The van der Waals surface area contributed by atoms with Gasteiger partial charge in [-0.1, -0.05) is 6.92 Å². The van der Waals surface area contributed by atoms with Crippen LogP contribution in [0.4, 0.5) is 0 Å². The molecule has 2 atom stereocenters. The molecule has 4 heteroatoms. The highest BCUT2D eigenvalue weighted by Gasteiger charge is 2.19. The average molecular weight is 235 g/mol. The minimum atomic E-state index is 0.167. The van der Waals surface area contributed by atoms with E-state index < -0.39 is 0 Å². The van der Waals surface area contributed by atoms with Gasteiger partial charge in [0.25, 0.3) is 0 Å². The summed E-state index contributed by atoms with van der Waals surface area (Å²) in [6, 6.07) is 0.167. The second-order valence-electron chi connectivity index (χ2n) is 4.44. The Balaban J connectivity index is 2.65. The Morgan fingerprint density at radius 2 is 2.00 bits per heavy atom. The molecule has 0 aliphatic rings. The summed E-state index contributed by atoms with van der Waals surface area (Å²) < 4.78 is 1.25. The van der Waals surface area contributed by atoms with Gasteiger partial charge in [-0.3, -0.25) is 0 Å². The van der Waals surface area contributed by atoms with Crippen molar-refractivity contribution in [2.45, 2.75) is 39.7 Å². The second-order valence-corrected chi connectivity index (χ2v) is 5.50. The van der Waals surface area contributed by atoms with E-state index in [1.165, 1.54) is 20.7 Å². The number of hydrogen-bond acceptors (Lipinski definition) is 4. The summed E-state index contributed by atoms with van der Waals surface area (Å²) in [5.41, 5.74) is 9.43. The maximum Gasteiger partial charge on any atom is 0.107 e.